The minimum absolute atomic E-state index is 0.568. The van der Waals surface area contributed by atoms with Crippen molar-refractivity contribution in [3.63, 3.8) is 0 Å². The van der Waals surface area contributed by atoms with Crippen molar-refractivity contribution in [1.29, 1.82) is 0 Å². The molecule has 0 atom stereocenters. The predicted molar refractivity (Wildman–Crippen MR) is 69.4 cm³/mol. The first-order chi connectivity index (χ1) is 8.83. The molecular formula is C13H14N4O. The Morgan fingerprint density at radius 3 is 2.94 bits per heavy atom. The summed E-state index contributed by atoms with van der Waals surface area (Å²) in [5, 5.41) is 7.31. The lowest BCUT2D eigenvalue weighted by Crippen LogP contribution is -2.08. The molecule has 1 N–H and O–H groups in total. The highest BCUT2D eigenvalue weighted by Gasteiger charge is 2.04. The van der Waals surface area contributed by atoms with Gasteiger partial charge in [0.15, 0.2) is 5.58 Å². The Kier molecular flexibility index (Phi) is 2.72. The molecule has 0 aliphatic rings. The average molecular weight is 242 g/mol. The highest BCUT2D eigenvalue weighted by molar-refractivity contribution is 5.74. The van der Waals surface area contributed by atoms with Crippen LogP contribution in [-0.4, -0.2) is 21.3 Å². The minimum Gasteiger partial charge on any atom is -0.424 e. The van der Waals surface area contributed by atoms with E-state index in [2.05, 4.69) is 15.4 Å². The number of fused-ring (bicyclic) bond motifs is 1. The molecule has 2 heterocycles. The van der Waals surface area contributed by atoms with Crippen LogP contribution >= 0.6 is 0 Å². The number of nitrogens with one attached hydrogen (secondary N) is 1. The standard InChI is InChI=1S/C13H14N4O/c1-17-10(7-9-15-17)6-8-14-13-16-11-4-2-3-5-12(11)18-13/h2-5,7,9H,6,8H2,1H3,(H,14,16). The van der Waals surface area contributed by atoms with Gasteiger partial charge in [-0.15, -0.1) is 0 Å². The lowest BCUT2D eigenvalue weighted by molar-refractivity contribution is 0.612. The molecule has 0 spiro atoms. The Balaban J connectivity index is 1.65. The summed E-state index contributed by atoms with van der Waals surface area (Å²) in [5.41, 5.74) is 2.86. The Morgan fingerprint density at radius 1 is 1.28 bits per heavy atom. The molecule has 5 heteroatoms. The van der Waals surface area contributed by atoms with Gasteiger partial charge in [-0.3, -0.25) is 4.68 Å². The van der Waals surface area contributed by atoms with Gasteiger partial charge in [0.05, 0.1) is 0 Å². The first-order valence-electron chi connectivity index (χ1n) is 5.89. The van der Waals surface area contributed by atoms with Gasteiger partial charge in [0.2, 0.25) is 0 Å². The molecule has 0 saturated heterocycles. The number of aryl methyl sites for hydroxylation is 1. The minimum atomic E-state index is 0.568. The SMILES string of the molecule is Cn1nccc1CCNc1nc2ccccc2o1. The van der Waals surface area contributed by atoms with Gasteiger partial charge < -0.3 is 9.73 Å². The van der Waals surface area contributed by atoms with Crippen LogP contribution < -0.4 is 5.32 Å². The summed E-state index contributed by atoms with van der Waals surface area (Å²) in [6, 6.07) is 10.3. The molecule has 3 rings (SSSR count). The maximum atomic E-state index is 5.57. The zero-order valence-corrected chi connectivity index (χ0v) is 10.1. The van der Waals surface area contributed by atoms with Gasteiger partial charge in [-0.25, -0.2) is 0 Å². The maximum Gasteiger partial charge on any atom is 0.295 e. The van der Waals surface area contributed by atoms with Crippen molar-refractivity contribution in [2.75, 3.05) is 11.9 Å². The van der Waals surface area contributed by atoms with Crippen LogP contribution in [0.3, 0.4) is 0 Å². The Labute approximate surface area is 104 Å². The van der Waals surface area contributed by atoms with E-state index in [1.165, 1.54) is 5.69 Å². The molecule has 2 aromatic heterocycles. The van der Waals surface area contributed by atoms with Crippen molar-refractivity contribution < 1.29 is 4.42 Å². The van der Waals surface area contributed by atoms with Crippen LogP contribution in [0.1, 0.15) is 5.69 Å². The molecule has 0 fully saturated rings. The number of hydrogen-bond donors (Lipinski definition) is 1. The topological polar surface area (TPSA) is 55.9 Å². The maximum absolute atomic E-state index is 5.57. The number of oxazole rings is 1. The predicted octanol–water partition coefficient (Wildman–Crippen LogP) is 2.22. The van der Waals surface area contributed by atoms with Gasteiger partial charge in [0.25, 0.3) is 6.01 Å². The number of para-hydroxylation sites is 2. The summed E-state index contributed by atoms with van der Waals surface area (Å²) in [6.45, 7) is 0.770. The summed E-state index contributed by atoms with van der Waals surface area (Å²) < 4.78 is 7.44. The number of nitrogens with zero attached hydrogens (tertiary/aromatic N) is 3. The summed E-state index contributed by atoms with van der Waals surface area (Å²) >= 11 is 0. The summed E-state index contributed by atoms with van der Waals surface area (Å²) in [5.74, 6) is 0. The van der Waals surface area contributed by atoms with Crippen molar-refractivity contribution in [2.24, 2.45) is 7.05 Å². The quantitative estimate of drug-likeness (QED) is 0.762. The van der Waals surface area contributed by atoms with Gasteiger partial charge in [0, 0.05) is 31.9 Å². The Morgan fingerprint density at radius 2 is 2.17 bits per heavy atom. The van der Waals surface area contributed by atoms with Crippen molar-refractivity contribution >= 4 is 17.1 Å². The van der Waals surface area contributed by atoms with Gasteiger partial charge in [-0.1, -0.05) is 12.1 Å². The molecule has 18 heavy (non-hydrogen) atoms. The summed E-state index contributed by atoms with van der Waals surface area (Å²) in [4.78, 5) is 4.35. The highest BCUT2D eigenvalue weighted by atomic mass is 16.4. The van der Waals surface area contributed by atoms with E-state index in [0.29, 0.717) is 6.01 Å². The van der Waals surface area contributed by atoms with Crippen molar-refractivity contribution in [2.45, 2.75) is 6.42 Å². The zero-order valence-electron chi connectivity index (χ0n) is 10.1. The second-order valence-corrected chi connectivity index (χ2v) is 4.11. The number of aromatic nitrogens is 3. The molecule has 0 bridgehead atoms. The average Bonchev–Trinajstić information content (AvgIpc) is 2.96. The zero-order chi connectivity index (χ0) is 12.4. The fourth-order valence-electron chi connectivity index (χ4n) is 1.89. The van der Waals surface area contributed by atoms with Crippen molar-refractivity contribution in [1.82, 2.24) is 14.8 Å². The third kappa shape index (κ3) is 2.07. The van der Waals surface area contributed by atoms with E-state index in [4.69, 9.17) is 4.42 Å². The second kappa shape index (κ2) is 4.52. The smallest absolute Gasteiger partial charge is 0.295 e. The van der Waals surface area contributed by atoms with E-state index in [0.717, 1.165) is 24.1 Å². The lowest BCUT2D eigenvalue weighted by Gasteiger charge is -2.02. The molecule has 0 amide bonds. The molecule has 0 aliphatic heterocycles. The van der Waals surface area contributed by atoms with E-state index in [-0.39, 0.29) is 0 Å². The number of hydrogen-bond acceptors (Lipinski definition) is 4. The van der Waals surface area contributed by atoms with Gasteiger partial charge in [-0.05, 0) is 18.2 Å². The van der Waals surface area contributed by atoms with Gasteiger partial charge in [0.1, 0.15) is 5.52 Å². The van der Waals surface area contributed by atoms with Crippen LogP contribution in [0.15, 0.2) is 40.9 Å². The van der Waals surface area contributed by atoms with Crippen LogP contribution in [0.2, 0.25) is 0 Å². The van der Waals surface area contributed by atoms with E-state index in [1.54, 1.807) is 6.20 Å². The Bertz CT molecular complexity index is 623. The van der Waals surface area contributed by atoms with Crippen LogP contribution in [0.5, 0.6) is 0 Å². The van der Waals surface area contributed by atoms with E-state index >= 15 is 0 Å². The van der Waals surface area contributed by atoms with Crippen LogP contribution in [-0.2, 0) is 13.5 Å². The van der Waals surface area contributed by atoms with Gasteiger partial charge in [-0.2, -0.15) is 10.1 Å². The first kappa shape index (κ1) is 10.8. The van der Waals surface area contributed by atoms with E-state index in [1.807, 2.05) is 42.1 Å². The number of benzene rings is 1. The van der Waals surface area contributed by atoms with Gasteiger partial charge >= 0.3 is 0 Å². The van der Waals surface area contributed by atoms with Crippen molar-refractivity contribution in [3.05, 3.63) is 42.2 Å². The molecule has 0 aliphatic carbocycles. The van der Waals surface area contributed by atoms with Crippen LogP contribution in [0, 0.1) is 0 Å². The second-order valence-electron chi connectivity index (χ2n) is 4.11. The molecule has 3 aromatic rings. The third-order valence-electron chi connectivity index (χ3n) is 2.87. The highest BCUT2D eigenvalue weighted by Crippen LogP contribution is 2.17. The fourth-order valence-corrected chi connectivity index (χ4v) is 1.89. The molecule has 92 valence electrons. The van der Waals surface area contributed by atoms with Crippen LogP contribution in [0.4, 0.5) is 6.01 Å². The van der Waals surface area contributed by atoms with Crippen molar-refractivity contribution in [3.8, 4) is 0 Å². The number of anilines is 1. The molecule has 0 saturated carbocycles. The molecule has 5 nitrogen and oxygen atoms in total. The number of rotatable bonds is 4. The first-order valence-corrected chi connectivity index (χ1v) is 5.89. The largest absolute Gasteiger partial charge is 0.424 e. The van der Waals surface area contributed by atoms with E-state index < -0.39 is 0 Å². The normalized spacial score (nSPS) is 10.9. The Hall–Kier alpha value is -2.30. The third-order valence-corrected chi connectivity index (χ3v) is 2.87. The summed E-state index contributed by atoms with van der Waals surface area (Å²) in [6.07, 6.45) is 2.68. The fraction of sp³-hybridized carbons (Fsp3) is 0.231. The van der Waals surface area contributed by atoms with E-state index in [9.17, 15) is 0 Å². The molecule has 1 aromatic carbocycles. The molecular weight excluding hydrogens is 228 g/mol. The monoisotopic (exact) mass is 242 g/mol. The molecule has 0 unspecified atom stereocenters. The lowest BCUT2D eigenvalue weighted by atomic mass is 10.3. The summed E-state index contributed by atoms with van der Waals surface area (Å²) in [7, 11) is 1.94. The molecule has 0 radical (unpaired) electrons. The van der Waals surface area contributed by atoms with Crippen LogP contribution in [0.25, 0.3) is 11.1 Å².